The van der Waals surface area contributed by atoms with Gasteiger partial charge in [-0.2, -0.15) is 0 Å². The Hall–Kier alpha value is -3.25. The number of carbonyl (C=O) groups excluding carboxylic acids is 1. The van der Waals surface area contributed by atoms with E-state index < -0.39 is 0 Å². The van der Waals surface area contributed by atoms with Crippen molar-refractivity contribution in [3.8, 4) is 11.4 Å². The third-order valence-corrected chi connectivity index (χ3v) is 7.07. The predicted molar refractivity (Wildman–Crippen MR) is 140 cm³/mol. The Kier molecular flexibility index (Phi) is 7.51. The van der Waals surface area contributed by atoms with Gasteiger partial charge in [0.05, 0.1) is 10.8 Å². The number of benzene rings is 3. The van der Waals surface area contributed by atoms with Crippen LogP contribution in [0.4, 0.5) is 4.39 Å². The number of aromatic nitrogens is 3. The van der Waals surface area contributed by atoms with Gasteiger partial charge in [-0.25, -0.2) is 4.39 Å². The molecule has 1 atom stereocenters. The van der Waals surface area contributed by atoms with Crippen molar-refractivity contribution in [3.63, 3.8) is 0 Å². The molecule has 4 rings (SSSR count). The fourth-order valence-corrected chi connectivity index (χ4v) is 4.84. The lowest BCUT2D eigenvalue weighted by molar-refractivity contribution is 0.0993. The molecule has 35 heavy (non-hydrogen) atoms. The van der Waals surface area contributed by atoms with E-state index in [9.17, 15) is 9.18 Å². The molecule has 0 amide bonds. The van der Waals surface area contributed by atoms with Crippen molar-refractivity contribution < 1.29 is 9.18 Å². The SMILES string of the molecule is C[C@@H](Sc1nnc(-c2ccccc2F)n1CCc1ccccc1)C(=O)c1ccc(C(C)(C)C)cc1. The van der Waals surface area contributed by atoms with Crippen LogP contribution in [0.25, 0.3) is 11.4 Å². The van der Waals surface area contributed by atoms with Crippen LogP contribution in [0, 0.1) is 5.82 Å². The number of nitrogens with zero attached hydrogens (tertiary/aromatic N) is 3. The fraction of sp³-hybridized carbons (Fsp3) is 0.276. The van der Waals surface area contributed by atoms with E-state index in [4.69, 9.17) is 0 Å². The van der Waals surface area contributed by atoms with E-state index in [1.54, 1.807) is 18.2 Å². The number of rotatable bonds is 8. The van der Waals surface area contributed by atoms with Gasteiger partial charge in [0.1, 0.15) is 5.82 Å². The van der Waals surface area contributed by atoms with Crippen molar-refractivity contribution in [2.75, 3.05) is 0 Å². The first-order valence-corrected chi connectivity index (χ1v) is 12.7. The summed E-state index contributed by atoms with van der Waals surface area (Å²) in [6, 6.07) is 24.5. The third-order valence-electron chi connectivity index (χ3n) is 5.99. The number of ketones is 1. The van der Waals surface area contributed by atoms with Gasteiger partial charge < -0.3 is 4.57 Å². The molecule has 3 aromatic carbocycles. The summed E-state index contributed by atoms with van der Waals surface area (Å²) < 4.78 is 16.5. The molecule has 0 N–H and O–H groups in total. The Bertz CT molecular complexity index is 1290. The zero-order chi connectivity index (χ0) is 25.0. The standard InChI is InChI=1S/C29H30FN3OS/c1-20(26(34)22-14-16-23(17-15-22)29(2,3)4)35-28-32-31-27(24-12-8-9-13-25(24)30)33(28)19-18-21-10-6-5-7-11-21/h5-17,20H,18-19H2,1-4H3/t20-/m1/s1. The number of carbonyl (C=O) groups is 1. The van der Waals surface area contributed by atoms with Gasteiger partial charge in [0.25, 0.3) is 0 Å². The predicted octanol–water partition coefficient (Wildman–Crippen LogP) is 6.99. The smallest absolute Gasteiger partial charge is 0.192 e. The van der Waals surface area contributed by atoms with Crippen molar-refractivity contribution in [1.29, 1.82) is 0 Å². The highest BCUT2D eigenvalue weighted by Crippen LogP contribution is 2.30. The van der Waals surface area contributed by atoms with Gasteiger partial charge in [0.15, 0.2) is 16.8 Å². The first-order valence-electron chi connectivity index (χ1n) is 11.8. The molecule has 0 saturated carbocycles. The van der Waals surface area contributed by atoms with Crippen LogP contribution in [0.2, 0.25) is 0 Å². The van der Waals surface area contributed by atoms with Crippen LogP contribution < -0.4 is 0 Å². The molecule has 0 spiro atoms. The Morgan fingerprint density at radius 3 is 2.26 bits per heavy atom. The Labute approximate surface area is 210 Å². The van der Waals surface area contributed by atoms with E-state index in [2.05, 4.69) is 43.1 Å². The zero-order valence-corrected chi connectivity index (χ0v) is 21.3. The number of halogens is 1. The molecule has 4 aromatic rings. The Morgan fingerprint density at radius 1 is 0.943 bits per heavy atom. The van der Waals surface area contributed by atoms with E-state index in [0.717, 1.165) is 6.42 Å². The Morgan fingerprint density at radius 2 is 1.60 bits per heavy atom. The molecule has 0 fully saturated rings. The lowest BCUT2D eigenvalue weighted by Gasteiger charge is -2.19. The van der Waals surface area contributed by atoms with Gasteiger partial charge >= 0.3 is 0 Å². The number of Topliss-reactive ketones (excluding diaryl/α,β-unsaturated/α-hetero) is 1. The lowest BCUT2D eigenvalue weighted by Crippen LogP contribution is -2.16. The molecule has 0 unspecified atom stereocenters. The summed E-state index contributed by atoms with van der Waals surface area (Å²) in [5, 5.41) is 8.92. The summed E-state index contributed by atoms with van der Waals surface area (Å²) >= 11 is 1.36. The molecule has 180 valence electrons. The minimum atomic E-state index is -0.372. The van der Waals surface area contributed by atoms with Crippen LogP contribution in [-0.2, 0) is 18.4 Å². The van der Waals surface area contributed by atoms with Crippen molar-refractivity contribution in [3.05, 3.63) is 101 Å². The molecule has 0 radical (unpaired) electrons. The van der Waals surface area contributed by atoms with Gasteiger partial charge in [-0.05, 0) is 42.0 Å². The van der Waals surface area contributed by atoms with Gasteiger partial charge in [-0.1, -0.05) is 99.3 Å². The maximum atomic E-state index is 14.6. The van der Waals surface area contributed by atoms with Crippen molar-refractivity contribution in [2.24, 2.45) is 0 Å². The molecule has 4 nitrogen and oxygen atoms in total. The number of hydrogen-bond acceptors (Lipinski definition) is 4. The number of hydrogen-bond donors (Lipinski definition) is 0. The maximum absolute atomic E-state index is 14.6. The van der Waals surface area contributed by atoms with Crippen LogP contribution in [-0.4, -0.2) is 25.8 Å². The third kappa shape index (κ3) is 5.88. The molecule has 0 saturated heterocycles. The van der Waals surface area contributed by atoms with Crippen molar-refractivity contribution in [1.82, 2.24) is 14.8 Å². The van der Waals surface area contributed by atoms with Crippen LogP contribution in [0.15, 0.2) is 84.0 Å². The summed E-state index contributed by atoms with van der Waals surface area (Å²) in [5.41, 5.74) is 3.45. The largest absolute Gasteiger partial charge is 0.302 e. The molecular formula is C29H30FN3OS. The summed E-state index contributed by atoms with van der Waals surface area (Å²) in [6.45, 7) is 8.90. The van der Waals surface area contributed by atoms with Crippen molar-refractivity contribution in [2.45, 2.75) is 56.5 Å². The van der Waals surface area contributed by atoms with E-state index >= 15 is 0 Å². The van der Waals surface area contributed by atoms with Crippen molar-refractivity contribution >= 4 is 17.5 Å². The second-order valence-corrected chi connectivity index (χ2v) is 10.9. The van der Waals surface area contributed by atoms with Crippen LogP contribution in [0.1, 0.15) is 49.2 Å². The second-order valence-electron chi connectivity index (χ2n) is 9.62. The highest BCUT2D eigenvalue weighted by Gasteiger charge is 2.23. The van der Waals surface area contributed by atoms with E-state index in [-0.39, 0.29) is 22.3 Å². The minimum absolute atomic E-state index is 0.0280. The first-order chi connectivity index (χ1) is 16.7. The first kappa shape index (κ1) is 24.9. The van der Waals surface area contributed by atoms with Gasteiger partial charge in [-0.15, -0.1) is 10.2 Å². The van der Waals surface area contributed by atoms with Crippen LogP contribution >= 0.6 is 11.8 Å². The molecule has 0 aliphatic rings. The fourth-order valence-electron chi connectivity index (χ4n) is 3.89. The summed E-state index contributed by atoms with van der Waals surface area (Å²) in [5.74, 6) is 0.150. The topological polar surface area (TPSA) is 47.8 Å². The van der Waals surface area contributed by atoms with E-state index in [0.29, 0.717) is 28.7 Å². The van der Waals surface area contributed by atoms with Gasteiger partial charge in [0.2, 0.25) is 0 Å². The maximum Gasteiger partial charge on any atom is 0.192 e. The van der Waals surface area contributed by atoms with E-state index in [1.165, 1.54) is 29.0 Å². The minimum Gasteiger partial charge on any atom is -0.302 e. The quantitative estimate of drug-likeness (QED) is 0.199. The molecule has 6 heteroatoms. The van der Waals surface area contributed by atoms with E-state index in [1.807, 2.05) is 54.0 Å². The molecule has 0 aliphatic carbocycles. The normalized spacial score (nSPS) is 12.5. The number of thioether (sulfide) groups is 1. The second kappa shape index (κ2) is 10.6. The zero-order valence-electron chi connectivity index (χ0n) is 20.5. The molecule has 0 aliphatic heterocycles. The summed E-state index contributed by atoms with van der Waals surface area (Å²) in [6.07, 6.45) is 0.741. The molecule has 1 aromatic heterocycles. The average Bonchev–Trinajstić information content (AvgIpc) is 3.24. The van der Waals surface area contributed by atoms with Gasteiger partial charge in [0, 0.05) is 12.1 Å². The highest BCUT2D eigenvalue weighted by molar-refractivity contribution is 8.00. The lowest BCUT2D eigenvalue weighted by atomic mass is 9.86. The monoisotopic (exact) mass is 487 g/mol. The van der Waals surface area contributed by atoms with Crippen LogP contribution in [0.3, 0.4) is 0 Å². The number of aryl methyl sites for hydroxylation is 1. The van der Waals surface area contributed by atoms with Crippen LogP contribution in [0.5, 0.6) is 0 Å². The van der Waals surface area contributed by atoms with Gasteiger partial charge in [-0.3, -0.25) is 4.79 Å². The highest BCUT2D eigenvalue weighted by atomic mass is 32.2. The molecular weight excluding hydrogens is 457 g/mol. The summed E-state index contributed by atoms with van der Waals surface area (Å²) in [7, 11) is 0. The average molecular weight is 488 g/mol. The molecule has 1 heterocycles. The summed E-state index contributed by atoms with van der Waals surface area (Å²) in [4.78, 5) is 13.2. The Balaban J connectivity index is 1.59. The molecule has 0 bridgehead atoms.